The van der Waals surface area contributed by atoms with Crippen LogP contribution < -0.4 is 43.0 Å². The van der Waals surface area contributed by atoms with Gasteiger partial charge in [0.15, 0.2) is 0 Å². The Morgan fingerprint density at radius 3 is 1.98 bits per heavy atom. The number of nitrogens with one attached hydrogen (secondary N) is 7. The summed E-state index contributed by atoms with van der Waals surface area (Å²) in [5, 5.41) is 18.9. The van der Waals surface area contributed by atoms with Crippen molar-refractivity contribution in [3.05, 3.63) is 29.8 Å². The summed E-state index contributed by atoms with van der Waals surface area (Å²) in [4.78, 5) is 89.2. The zero-order chi connectivity index (χ0) is 40.8. The Kier molecular flexibility index (Phi) is 21.0. The Morgan fingerprint density at radius 1 is 0.796 bits per heavy atom. The minimum absolute atomic E-state index is 0.0267. The second-order valence-electron chi connectivity index (χ2n) is 14.2. The van der Waals surface area contributed by atoms with Gasteiger partial charge in [0.05, 0.1) is 0 Å². The van der Waals surface area contributed by atoms with E-state index < -0.39 is 71.5 Å². The number of hydrogen-bond donors (Lipinski definition) is 8. The molecule has 0 aliphatic carbocycles. The predicted molar refractivity (Wildman–Crippen MR) is 203 cm³/mol. The highest BCUT2D eigenvalue weighted by Crippen LogP contribution is 2.14. The molecule has 0 unspecified atom stereocenters. The standard InChI is InChI=1S/C36H61N9O9/c1-23(2)29(44-31(48)27(41-24(3)46)12-9-10-18-40-34(51)54-36(4,5)6)32(49)43-28(13-11-19-39-33(37)50)30(47)42-26-16-14-25(15-17-26)22-53-35(52)45(8)21-20-38-7/h14-17,23,27-29,38H,9-13,18-22H2,1-8H3,(H,40,51)(H,41,46)(H,42,47)(H,43,49)(H,44,48)(H3,37,39,50)/t27-,28-,29-/m0/s1. The number of primary amides is 1. The van der Waals surface area contributed by atoms with Crippen LogP contribution in [0.15, 0.2) is 24.3 Å². The molecule has 0 saturated heterocycles. The predicted octanol–water partition coefficient (Wildman–Crippen LogP) is 1.69. The molecule has 1 aromatic rings. The SMILES string of the molecule is CNCCN(C)C(=O)OCc1ccc(NC(=O)[C@H](CCCNC(N)=O)NC(=O)[C@@H](NC(=O)[C@H](CCCCNC(=O)OC(C)(C)C)NC(C)=O)C(C)C)cc1. The maximum Gasteiger partial charge on any atom is 0.409 e. The zero-order valence-electron chi connectivity index (χ0n) is 32.9. The molecule has 18 heteroatoms. The molecular weight excluding hydrogens is 702 g/mol. The molecule has 18 nitrogen and oxygen atoms in total. The van der Waals surface area contributed by atoms with E-state index in [1.54, 1.807) is 73.0 Å². The van der Waals surface area contributed by atoms with Crippen LogP contribution in [-0.2, 0) is 35.3 Å². The van der Waals surface area contributed by atoms with Gasteiger partial charge < -0.3 is 57.3 Å². The number of carbonyl (C=O) groups is 7. The number of nitrogens with zero attached hydrogens (tertiary/aromatic N) is 1. The summed E-state index contributed by atoms with van der Waals surface area (Å²) in [7, 11) is 3.42. The van der Waals surface area contributed by atoms with Crippen LogP contribution >= 0.6 is 0 Å². The molecule has 0 fully saturated rings. The number of benzene rings is 1. The van der Waals surface area contributed by atoms with E-state index in [4.69, 9.17) is 15.2 Å². The average Bonchev–Trinajstić information content (AvgIpc) is 3.08. The highest BCUT2D eigenvalue weighted by Gasteiger charge is 2.31. The van der Waals surface area contributed by atoms with Crippen LogP contribution in [0.2, 0.25) is 0 Å². The Labute approximate surface area is 318 Å². The zero-order valence-corrected chi connectivity index (χ0v) is 32.9. The largest absolute Gasteiger partial charge is 0.445 e. The summed E-state index contributed by atoms with van der Waals surface area (Å²) >= 11 is 0. The number of amides is 8. The van der Waals surface area contributed by atoms with Gasteiger partial charge in [0.1, 0.15) is 30.3 Å². The summed E-state index contributed by atoms with van der Waals surface area (Å²) in [5.74, 6) is -2.59. The molecule has 0 saturated carbocycles. The van der Waals surface area contributed by atoms with Gasteiger partial charge in [-0.2, -0.15) is 0 Å². The van der Waals surface area contributed by atoms with Gasteiger partial charge in [-0.1, -0.05) is 26.0 Å². The van der Waals surface area contributed by atoms with Gasteiger partial charge in [-0.05, 0) is 83.5 Å². The molecule has 8 amide bonds. The first-order chi connectivity index (χ1) is 25.3. The number of ether oxygens (including phenoxy) is 2. The second-order valence-corrected chi connectivity index (χ2v) is 14.2. The van der Waals surface area contributed by atoms with Crippen LogP contribution in [0.3, 0.4) is 0 Å². The van der Waals surface area contributed by atoms with Crippen LogP contribution in [0, 0.1) is 5.92 Å². The number of nitrogens with two attached hydrogens (primary N) is 1. The minimum atomic E-state index is -1.07. The van der Waals surface area contributed by atoms with Crippen LogP contribution in [0.25, 0.3) is 0 Å². The van der Waals surface area contributed by atoms with Crippen molar-refractivity contribution >= 4 is 47.5 Å². The second kappa shape index (κ2) is 24.2. The number of urea groups is 1. The molecule has 0 radical (unpaired) electrons. The molecule has 0 bridgehead atoms. The van der Waals surface area contributed by atoms with Crippen molar-refractivity contribution in [2.24, 2.45) is 11.7 Å². The first kappa shape index (κ1) is 46.9. The third kappa shape index (κ3) is 20.2. The third-order valence-electron chi connectivity index (χ3n) is 7.72. The molecule has 3 atom stereocenters. The van der Waals surface area contributed by atoms with Crippen molar-refractivity contribution in [1.82, 2.24) is 36.8 Å². The number of alkyl carbamates (subject to hydrolysis) is 1. The van der Waals surface area contributed by atoms with E-state index in [1.165, 1.54) is 11.8 Å². The summed E-state index contributed by atoms with van der Waals surface area (Å²) in [5.41, 5.74) is 5.64. The number of hydrogen-bond acceptors (Lipinski definition) is 10. The van der Waals surface area contributed by atoms with Gasteiger partial charge in [0.25, 0.3) is 0 Å². The molecule has 1 aromatic carbocycles. The van der Waals surface area contributed by atoms with Crippen molar-refractivity contribution in [3.8, 4) is 0 Å². The van der Waals surface area contributed by atoms with Gasteiger partial charge in [0, 0.05) is 45.8 Å². The minimum Gasteiger partial charge on any atom is -0.445 e. The maximum absolute atomic E-state index is 13.6. The quantitative estimate of drug-likeness (QED) is 0.0794. The molecule has 1 rings (SSSR count). The van der Waals surface area contributed by atoms with Crippen LogP contribution in [0.5, 0.6) is 0 Å². The lowest BCUT2D eigenvalue weighted by atomic mass is 10.0. The molecule has 0 aliphatic heterocycles. The molecule has 0 aliphatic rings. The van der Waals surface area contributed by atoms with E-state index in [1.807, 2.05) is 0 Å². The summed E-state index contributed by atoms with van der Waals surface area (Å²) < 4.78 is 10.5. The van der Waals surface area contributed by atoms with Crippen molar-refractivity contribution in [1.29, 1.82) is 0 Å². The van der Waals surface area contributed by atoms with Crippen molar-refractivity contribution in [2.45, 2.75) is 104 Å². The highest BCUT2D eigenvalue weighted by molar-refractivity contribution is 5.99. The van der Waals surface area contributed by atoms with Crippen LogP contribution in [-0.4, -0.2) is 111 Å². The van der Waals surface area contributed by atoms with Gasteiger partial charge in [0.2, 0.25) is 23.6 Å². The first-order valence-corrected chi connectivity index (χ1v) is 18.1. The Hall–Kier alpha value is -5.13. The third-order valence-corrected chi connectivity index (χ3v) is 7.72. The molecule has 0 heterocycles. The van der Waals surface area contributed by atoms with Crippen molar-refractivity contribution in [2.75, 3.05) is 45.6 Å². The van der Waals surface area contributed by atoms with E-state index >= 15 is 0 Å². The van der Waals surface area contributed by atoms with E-state index in [2.05, 4.69) is 37.2 Å². The fraction of sp³-hybridized carbons (Fsp3) is 0.639. The summed E-state index contributed by atoms with van der Waals surface area (Å²) in [6, 6.07) is 2.82. The maximum atomic E-state index is 13.6. The highest BCUT2D eigenvalue weighted by atomic mass is 16.6. The number of rotatable bonds is 22. The van der Waals surface area contributed by atoms with Gasteiger partial charge in [-0.3, -0.25) is 19.2 Å². The molecule has 54 heavy (non-hydrogen) atoms. The molecule has 0 aromatic heterocycles. The Bertz CT molecular complexity index is 1380. The van der Waals surface area contributed by atoms with Crippen LogP contribution in [0.4, 0.5) is 20.1 Å². The normalized spacial score (nSPS) is 12.7. The molecule has 9 N–H and O–H groups in total. The summed E-state index contributed by atoms with van der Waals surface area (Å²) in [6.07, 6.45) is 0.590. The topological polar surface area (TPSA) is 251 Å². The van der Waals surface area contributed by atoms with E-state index in [9.17, 15) is 33.6 Å². The van der Waals surface area contributed by atoms with Crippen molar-refractivity contribution < 1.29 is 43.0 Å². The molecular formula is C36H61N9O9. The van der Waals surface area contributed by atoms with E-state index in [0.717, 1.165) is 0 Å². The first-order valence-electron chi connectivity index (χ1n) is 18.1. The number of likely N-dealkylation sites (N-methyl/N-ethyl adjacent to an activating group) is 2. The van der Waals surface area contributed by atoms with E-state index in [0.29, 0.717) is 50.1 Å². The molecule has 304 valence electrons. The summed E-state index contributed by atoms with van der Waals surface area (Å²) in [6.45, 7) is 11.6. The fourth-order valence-corrected chi connectivity index (χ4v) is 4.87. The van der Waals surface area contributed by atoms with Crippen LogP contribution in [0.1, 0.15) is 79.2 Å². The number of unbranched alkanes of at least 4 members (excludes halogenated alkanes) is 1. The number of anilines is 1. The molecule has 0 spiro atoms. The lowest BCUT2D eigenvalue weighted by Crippen LogP contribution is -2.57. The van der Waals surface area contributed by atoms with Crippen molar-refractivity contribution in [3.63, 3.8) is 0 Å². The van der Waals surface area contributed by atoms with Gasteiger partial charge in [-0.15, -0.1) is 0 Å². The van der Waals surface area contributed by atoms with Gasteiger partial charge >= 0.3 is 18.2 Å². The van der Waals surface area contributed by atoms with Gasteiger partial charge in [-0.25, -0.2) is 14.4 Å². The van der Waals surface area contributed by atoms with E-state index in [-0.39, 0.29) is 26.0 Å². The fourth-order valence-electron chi connectivity index (χ4n) is 4.87. The monoisotopic (exact) mass is 763 g/mol. The number of carbonyl (C=O) groups excluding carboxylic acids is 7. The Balaban J connectivity index is 2.95. The Morgan fingerprint density at radius 2 is 1.41 bits per heavy atom. The smallest absolute Gasteiger partial charge is 0.409 e. The average molecular weight is 764 g/mol. The lowest BCUT2D eigenvalue weighted by Gasteiger charge is -2.27. The lowest BCUT2D eigenvalue weighted by molar-refractivity contribution is -0.133.